The third-order valence-electron chi connectivity index (χ3n) is 1.06. The van der Waals surface area contributed by atoms with E-state index in [4.69, 9.17) is 10.5 Å². The van der Waals surface area contributed by atoms with Crippen LogP contribution in [0, 0.1) is 5.41 Å². The minimum Gasteiger partial charge on any atom is -0.464 e. The number of rotatable bonds is 3. The van der Waals surface area contributed by atoms with E-state index in [0.717, 1.165) is 0 Å². The Labute approximate surface area is 67.9 Å². The van der Waals surface area contributed by atoms with Crippen LogP contribution in [0.5, 0.6) is 0 Å². The molecule has 0 aromatic carbocycles. The van der Waals surface area contributed by atoms with Crippen LogP contribution >= 0.6 is 0 Å². The van der Waals surface area contributed by atoms with E-state index in [9.17, 15) is 4.79 Å². The Kier molecular flexibility index (Phi) is 4.11. The van der Waals surface area contributed by atoms with Crippen LogP contribution < -0.4 is 5.73 Å². The molecule has 0 aliphatic rings. The molecule has 0 saturated heterocycles. The molecule has 3 nitrogen and oxygen atoms in total. The van der Waals surface area contributed by atoms with Gasteiger partial charge in [0.1, 0.15) is 6.61 Å². The molecule has 0 radical (unpaired) electrons. The van der Waals surface area contributed by atoms with Gasteiger partial charge in [0, 0.05) is 6.54 Å². The van der Waals surface area contributed by atoms with E-state index in [-0.39, 0.29) is 11.4 Å². The summed E-state index contributed by atoms with van der Waals surface area (Å²) in [5, 5.41) is 0. The highest BCUT2D eigenvalue weighted by Gasteiger charge is 2.16. The molecule has 0 aromatic rings. The fourth-order valence-corrected chi connectivity index (χ4v) is 0.657. The fraction of sp³-hybridized carbons (Fsp3) is 0.875. The highest BCUT2D eigenvalue weighted by molar-refractivity contribution is 5.70. The number of hydrogen-bond acceptors (Lipinski definition) is 3. The van der Waals surface area contributed by atoms with E-state index < -0.39 is 0 Å². The number of esters is 1. The zero-order valence-corrected chi connectivity index (χ0v) is 7.52. The molecule has 0 unspecified atom stereocenters. The van der Waals surface area contributed by atoms with Crippen molar-refractivity contribution in [1.29, 1.82) is 0 Å². The Morgan fingerprint density at radius 1 is 1.45 bits per heavy atom. The van der Waals surface area contributed by atoms with E-state index in [0.29, 0.717) is 19.6 Å². The minimum atomic E-state index is -0.164. The molecule has 0 atom stereocenters. The lowest BCUT2D eigenvalue weighted by Crippen LogP contribution is -2.18. The quantitative estimate of drug-likeness (QED) is 0.623. The van der Waals surface area contributed by atoms with Crippen molar-refractivity contribution in [3.8, 4) is 0 Å². The van der Waals surface area contributed by atoms with Gasteiger partial charge in [0.25, 0.3) is 0 Å². The zero-order chi connectivity index (χ0) is 8.91. The Balaban J connectivity index is 3.53. The number of ether oxygens (including phenoxy) is 1. The maximum absolute atomic E-state index is 10.9. The van der Waals surface area contributed by atoms with Gasteiger partial charge >= 0.3 is 5.97 Å². The third kappa shape index (κ3) is 7.33. The van der Waals surface area contributed by atoms with E-state index in [1.807, 2.05) is 20.8 Å². The molecule has 0 rings (SSSR count). The average Bonchev–Trinajstić information content (AvgIpc) is 1.79. The monoisotopic (exact) mass is 159 g/mol. The van der Waals surface area contributed by atoms with Crippen LogP contribution in [0.3, 0.4) is 0 Å². The molecule has 0 fully saturated rings. The van der Waals surface area contributed by atoms with Crippen LogP contribution in [-0.2, 0) is 9.53 Å². The second-order valence-corrected chi connectivity index (χ2v) is 3.75. The van der Waals surface area contributed by atoms with E-state index in [2.05, 4.69) is 0 Å². The summed E-state index contributed by atoms with van der Waals surface area (Å²) < 4.78 is 4.80. The molecule has 0 spiro atoms. The van der Waals surface area contributed by atoms with E-state index >= 15 is 0 Å². The first-order valence-electron chi connectivity index (χ1n) is 3.81. The van der Waals surface area contributed by atoms with Gasteiger partial charge < -0.3 is 10.5 Å². The van der Waals surface area contributed by atoms with Gasteiger partial charge in [0.2, 0.25) is 0 Å². The van der Waals surface area contributed by atoms with Crippen LogP contribution in [-0.4, -0.2) is 19.1 Å². The van der Waals surface area contributed by atoms with Gasteiger partial charge in [-0.25, -0.2) is 0 Å². The highest BCUT2D eigenvalue weighted by Crippen LogP contribution is 2.18. The molecule has 0 aromatic heterocycles. The third-order valence-corrected chi connectivity index (χ3v) is 1.06. The lowest BCUT2D eigenvalue weighted by molar-refractivity contribution is -0.145. The first-order valence-corrected chi connectivity index (χ1v) is 3.81. The fourth-order valence-electron chi connectivity index (χ4n) is 0.657. The van der Waals surface area contributed by atoms with Crippen LogP contribution in [0.1, 0.15) is 27.2 Å². The summed E-state index contributed by atoms with van der Waals surface area (Å²) in [5.74, 6) is -0.164. The van der Waals surface area contributed by atoms with Crippen molar-refractivity contribution in [3.05, 3.63) is 0 Å². The zero-order valence-electron chi connectivity index (χ0n) is 7.52. The summed E-state index contributed by atoms with van der Waals surface area (Å²) in [4.78, 5) is 10.9. The van der Waals surface area contributed by atoms with Crippen molar-refractivity contribution < 1.29 is 9.53 Å². The van der Waals surface area contributed by atoms with Gasteiger partial charge in [0.05, 0.1) is 6.42 Å². The molecule has 0 heterocycles. The normalized spacial score (nSPS) is 11.3. The predicted molar refractivity (Wildman–Crippen MR) is 44.1 cm³/mol. The summed E-state index contributed by atoms with van der Waals surface area (Å²) in [6.07, 6.45) is 0.451. The molecule has 11 heavy (non-hydrogen) atoms. The first kappa shape index (κ1) is 10.4. The van der Waals surface area contributed by atoms with Crippen LogP contribution in [0.2, 0.25) is 0 Å². The molecule has 0 aliphatic carbocycles. The van der Waals surface area contributed by atoms with Gasteiger partial charge in [0.15, 0.2) is 0 Å². The SMILES string of the molecule is CC(C)(C)CC(=O)OCCN. The topological polar surface area (TPSA) is 52.3 Å². The molecule has 2 N–H and O–H groups in total. The molecule has 0 saturated carbocycles. The summed E-state index contributed by atoms with van der Waals surface area (Å²) in [5.41, 5.74) is 5.17. The van der Waals surface area contributed by atoms with Crippen molar-refractivity contribution in [2.75, 3.05) is 13.2 Å². The van der Waals surface area contributed by atoms with Crippen molar-refractivity contribution in [2.45, 2.75) is 27.2 Å². The first-order chi connectivity index (χ1) is 4.95. The van der Waals surface area contributed by atoms with E-state index in [1.165, 1.54) is 0 Å². The van der Waals surface area contributed by atoms with Gasteiger partial charge in [-0.3, -0.25) is 4.79 Å². The van der Waals surface area contributed by atoms with Crippen molar-refractivity contribution in [2.24, 2.45) is 11.1 Å². The maximum Gasteiger partial charge on any atom is 0.306 e. The van der Waals surface area contributed by atoms with Gasteiger partial charge in [-0.05, 0) is 5.41 Å². The van der Waals surface area contributed by atoms with Crippen molar-refractivity contribution >= 4 is 5.97 Å². The average molecular weight is 159 g/mol. The molecule has 0 aliphatic heterocycles. The Morgan fingerprint density at radius 2 is 2.00 bits per heavy atom. The van der Waals surface area contributed by atoms with Crippen LogP contribution in [0.15, 0.2) is 0 Å². The van der Waals surface area contributed by atoms with Gasteiger partial charge in [-0.15, -0.1) is 0 Å². The summed E-state index contributed by atoms with van der Waals surface area (Å²) in [6.45, 7) is 6.72. The molecule has 3 heteroatoms. The molecule has 66 valence electrons. The minimum absolute atomic E-state index is 0.00564. The Morgan fingerprint density at radius 3 is 2.36 bits per heavy atom. The Bertz CT molecular complexity index is 127. The smallest absolute Gasteiger partial charge is 0.306 e. The van der Waals surface area contributed by atoms with Gasteiger partial charge in [-0.2, -0.15) is 0 Å². The maximum atomic E-state index is 10.9. The summed E-state index contributed by atoms with van der Waals surface area (Å²) >= 11 is 0. The number of carbonyl (C=O) groups is 1. The second kappa shape index (κ2) is 4.34. The molecular weight excluding hydrogens is 142 g/mol. The van der Waals surface area contributed by atoms with Crippen molar-refractivity contribution in [1.82, 2.24) is 0 Å². The second-order valence-electron chi connectivity index (χ2n) is 3.75. The standard InChI is InChI=1S/C8H17NO2/c1-8(2,3)6-7(10)11-5-4-9/h4-6,9H2,1-3H3. The molecular formula is C8H17NO2. The molecule has 0 amide bonds. The summed E-state index contributed by atoms with van der Waals surface area (Å²) in [6, 6.07) is 0. The van der Waals surface area contributed by atoms with Gasteiger partial charge in [-0.1, -0.05) is 20.8 Å². The van der Waals surface area contributed by atoms with Crippen LogP contribution in [0.4, 0.5) is 0 Å². The van der Waals surface area contributed by atoms with Crippen molar-refractivity contribution in [3.63, 3.8) is 0 Å². The van der Waals surface area contributed by atoms with E-state index in [1.54, 1.807) is 0 Å². The molecule has 0 bridgehead atoms. The number of carbonyl (C=O) groups excluding carboxylic acids is 1. The van der Waals surface area contributed by atoms with Crippen LogP contribution in [0.25, 0.3) is 0 Å². The number of nitrogens with two attached hydrogens (primary N) is 1. The largest absolute Gasteiger partial charge is 0.464 e. The summed E-state index contributed by atoms with van der Waals surface area (Å²) in [7, 11) is 0. The highest BCUT2D eigenvalue weighted by atomic mass is 16.5. The predicted octanol–water partition coefficient (Wildman–Crippen LogP) is 0.924. The lowest BCUT2D eigenvalue weighted by atomic mass is 9.93. The Hall–Kier alpha value is -0.570. The lowest BCUT2D eigenvalue weighted by Gasteiger charge is -2.16. The number of hydrogen-bond donors (Lipinski definition) is 1.